The van der Waals surface area contributed by atoms with Gasteiger partial charge in [0, 0.05) is 5.56 Å². The van der Waals surface area contributed by atoms with Crippen LogP contribution in [-0.2, 0) is 20.9 Å². The number of amides is 4. The second-order valence-corrected chi connectivity index (χ2v) is 6.97. The van der Waals surface area contributed by atoms with E-state index in [-0.39, 0.29) is 17.9 Å². The zero-order valence-corrected chi connectivity index (χ0v) is 17.0. The average molecular weight is 430 g/mol. The molecule has 4 rings (SSSR count). The Morgan fingerprint density at radius 1 is 1.00 bits per heavy atom. The third-order valence-corrected chi connectivity index (χ3v) is 4.87. The van der Waals surface area contributed by atoms with Gasteiger partial charge in [-0.05, 0) is 35.9 Å². The quantitative estimate of drug-likeness (QED) is 0.378. The first-order valence-electron chi connectivity index (χ1n) is 9.67. The van der Waals surface area contributed by atoms with Crippen LogP contribution in [0.25, 0.3) is 17.4 Å². The van der Waals surface area contributed by atoms with Crippen molar-refractivity contribution < 1.29 is 28.3 Å². The largest absolute Gasteiger partial charge is 0.465 e. The number of benzene rings is 2. The maximum absolute atomic E-state index is 12.9. The lowest BCUT2D eigenvalue weighted by atomic mass is 10.1. The minimum absolute atomic E-state index is 0.0338. The molecule has 2 aromatic carbocycles. The minimum Gasteiger partial charge on any atom is -0.465 e. The van der Waals surface area contributed by atoms with Gasteiger partial charge in [-0.1, -0.05) is 42.5 Å². The predicted molar refractivity (Wildman–Crippen MR) is 114 cm³/mol. The Morgan fingerprint density at radius 2 is 1.72 bits per heavy atom. The van der Waals surface area contributed by atoms with Crippen LogP contribution < -0.4 is 5.32 Å². The molecule has 3 aromatic rings. The summed E-state index contributed by atoms with van der Waals surface area (Å²) in [4.78, 5) is 49.9. The molecule has 1 saturated heterocycles. The van der Waals surface area contributed by atoms with Crippen LogP contribution >= 0.6 is 0 Å². The fraction of sp³-hybridized carbons (Fsp3) is 0.0833. The molecule has 1 fully saturated rings. The molecule has 32 heavy (non-hydrogen) atoms. The number of carbonyl (C=O) groups is 4. The summed E-state index contributed by atoms with van der Waals surface area (Å²) in [5.74, 6) is -1.19. The van der Waals surface area contributed by atoms with Crippen LogP contribution in [0.15, 0.2) is 76.7 Å². The number of imide groups is 2. The number of rotatable bonds is 5. The van der Waals surface area contributed by atoms with Gasteiger partial charge in [0.2, 0.25) is 0 Å². The molecule has 0 spiro atoms. The zero-order valence-electron chi connectivity index (χ0n) is 17.0. The second kappa shape index (κ2) is 8.73. The van der Waals surface area contributed by atoms with Gasteiger partial charge in [0.25, 0.3) is 11.8 Å². The summed E-state index contributed by atoms with van der Waals surface area (Å²) in [5, 5.41) is 2.18. The van der Waals surface area contributed by atoms with Crippen molar-refractivity contribution in [3.63, 3.8) is 0 Å². The van der Waals surface area contributed by atoms with Crippen molar-refractivity contribution in [2.24, 2.45) is 0 Å². The Hall–Kier alpha value is -4.46. The van der Waals surface area contributed by atoms with Gasteiger partial charge in [-0.15, -0.1) is 0 Å². The van der Waals surface area contributed by atoms with Crippen molar-refractivity contribution in [2.75, 3.05) is 7.11 Å². The number of methoxy groups -OCH3 is 1. The molecule has 0 atom stereocenters. The Balaban J connectivity index is 1.57. The van der Waals surface area contributed by atoms with E-state index in [0.717, 1.165) is 10.5 Å². The van der Waals surface area contributed by atoms with Crippen LogP contribution in [0.1, 0.15) is 21.7 Å². The molecule has 2 heterocycles. The number of furan rings is 1. The van der Waals surface area contributed by atoms with E-state index in [1.54, 1.807) is 60.7 Å². The maximum atomic E-state index is 12.9. The highest BCUT2D eigenvalue weighted by Gasteiger charge is 2.35. The third kappa shape index (κ3) is 4.20. The van der Waals surface area contributed by atoms with Crippen molar-refractivity contribution in [2.45, 2.75) is 6.54 Å². The Labute approximate surface area is 183 Å². The van der Waals surface area contributed by atoms with E-state index < -0.39 is 23.8 Å². The van der Waals surface area contributed by atoms with Gasteiger partial charge in [0.15, 0.2) is 0 Å². The molecule has 0 radical (unpaired) electrons. The molecule has 0 aliphatic carbocycles. The van der Waals surface area contributed by atoms with E-state index >= 15 is 0 Å². The van der Waals surface area contributed by atoms with Gasteiger partial charge in [-0.2, -0.15) is 0 Å². The van der Waals surface area contributed by atoms with Gasteiger partial charge in [0.1, 0.15) is 17.1 Å². The summed E-state index contributed by atoms with van der Waals surface area (Å²) in [6.07, 6.45) is 1.30. The topological polar surface area (TPSA) is 106 Å². The van der Waals surface area contributed by atoms with Gasteiger partial charge in [0.05, 0.1) is 19.2 Å². The number of urea groups is 1. The smallest absolute Gasteiger partial charge is 0.337 e. The first-order chi connectivity index (χ1) is 15.5. The van der Waals surface area contributed by atoms with E-state index in [1.165, 1.54) is 13.2 Å². The highest BCUT2D eigenvalue weighted by molar-refractivity contribution is 6.30. The summed E-state index contributed by atoms with van der Waals surface area (Å²) in [7, 11) is 1.31. The molecule has 160 valence electrons. The lowest BCUT2D eigenvalue weighted by molar-refractivity contribution is -0.130. The van der Waals surface area contributed by atoms with E-state index in [1.807, 2.05) is 6.07 Å². The van der Waals surface area contributed by atoms with Crippen molar-refractivity contribution in [3.05, 3.63) is 89.2 Å². The van der Waals surface area contributed by atoms with E-state index in [4.69, 9.17) is 4.42 Å². The first-order valence-corrected chi connectivity index (χ1v) is 9.67. The molecule has 1 aromatic heterocycles. The minimum atomic E-state index is -0.787. The van der Waals surface area contributed by atoms with Crippen molar-refractivity contribution in [1.82, 2.24) is 10.2 Å². The number of nitrogens with one attached hydrogen (secondary N) is 1. The normalized spacial score (nSPS) is 15.1. The second-order valence-electron chi connectivity index (χ2n) is 6.97. The van der Waals surface area contributed by atoms with Gasteiger partial charge < -0.3 is 9.15 Å². The van der Waals surface area contributed by atoms with Crippen LogP contribution in [0.3, 0.4) is 0 Å². The van der Waals surface area contributed by atoms with E-state index in [9.17, 15) is 19.2 Å². The summed E-state index contributed by atoms with van der Waals surface area (Å²) >= 11 is 0. The predicted octanol–water partition coefficient (Wildman–Crippen LogP) is 3.40. The molecular formula is C24H18N2O6. The number of nitrogens with zero attached hydrogens (tertiary/aromatic N) is 1. The average Bonchev–Trinajstić information content (AvgIpc) is 3.28. The fourth-order valence-electron chi connectivity index (χ4n) is 3.22. The number of ether oxygens (including phenoxy) is 1. The highest BCUT2D eigenvalue weighted by Crippen LogP contribution is 2.25. The monoisotopic (exact) mass is 430 g/mol. The molecule has 8 nitrogen and oxygen atoms in total. The standard InChI is InChI=1S/C24H18N2O6/c1-31-23(29)17-9-7-16(8-10-17)20-12-11-18(32-20)13-19-21(27)25-24(30)26(22(19)28)14-15-5-3-2-4-6-15/h2-13H,14H2,1H3,(H,25,27,30)/b19-13+. The van der Waals surface area contributed by atoms with Crippen LogP contribution in [0, 0.1) is 0 Å². The summed E-state index contributed by atoms with van der Waals surface area (Å²) in [5.41, 5.74) is 1.64. The lowest BCUT2D eigenvalue weighted by Gasteiger charge is -2.26. The van der Waals surface area contributed by atoms with E-state index in [0.29, 0.717) is 16.9 Å². The summed E-state index contributed by atoms with van der Waals surface area (Å²) < 4.78 is 10.4. The third-order valence-electron chi connectivity index (χ3n) is 4.87. The molecule has 8 heteroatoms. The SMILES string of the molecule is COC(=O)c1ccc(-c2ccc(/C=C3\C(=O)NC(=O)N(Cc4ccccc4)C3=O)o2)cc1. The van der Waals surface area contributed by atoms with E-state index in [2.05, 4.69) is 10.1 Å². The summed E-state index contributed by atoms with van der Waals surface area (Å²) in [6.45, 7) is 0.0338. The molecular weight excluding hydrogens is 412 g/mol. The van der Waals surface area contributed by atoms with Crippen LogP contribution in [0.5, 0.6) is 0 Å². The first kappa shape index (κ1) is 20.8. The number of esters is 1. The van der Waals surface area contributed by atoms with Crippen molar-refractivity contribution >= 4 is 29.9 Å². The van der Waals surface area contributed by atoms with Gasteiger partial charge >= 0.3 is 12.0 Å². The van der Waals surface area contributed by atoms with Crippen LogP contribution in [-0.4, -0.2) is 35.8 Å². The Kier molecular flexibility index (Phi) is 5.67. The number of carbonyl (C=O) groups excluding carboxylic acids is 4. The summed E-state index contributed by atoms with van der Waals surface area (Å²) in [6, 6.07) is 18.1. The van der Waals surface area contributed by atoms with Crippen molar-refractivity contribution in [3.8, 4) is 11.3 Å². The maximum Gasteiger partial charge on any atom is 0.337 e. The van der Waals surface area contributed by atoms with Gasteiger partial charge in [-0.25, -0.2) is 9.59 Å². The molecule has 1 aliphatic rings. The molecule has 1 N–H and O–H groups in total. The Morgan fingerprint density at radius 3 is 2.41 bits per heavy atom. The number of hydrogen-bond donors (Lipinski definition) is 1. The fourth-order valence-corrected chi connectivity index (χ4v) is 3.22. The number of barbiturate groups is 1. The number of hydrogen-bond acceptors (Lipinski definition) is 6. The molecule has 4 amide bonds. The van der Waals surface area contributed by atoms with Crippen LogP contribution in [0.2, 0.25) is 0 Å². The zero-order chi connectivity index (χ0) is 22.7. The molecule has 1 aliphatic heterocycles. The molecule has 0 bridgehead atoms. The highest BCUT2D eigenvalue weighted by atomic mass is 16.5. The molecule has 0 saturated carbocycles. The van der Waals surface area contributed by atoms with Crippen LogP contribution in [0.4, 0.5) is 4.79 Å². The molecule has 0 unspecified atom stereocenters. The Bertz CT molecular complexity index is 1220. The van der Waals surface area contributed by atoms with Gasteiger partial charge in [-0.3, -0.25) is 19.8 Å². The lowest BCUT2D eigenvalue weighted by Crippen LogP contribution is -2.53. The van der Waals surface area contributed by atoms with Crippen molar-refractivity contribution in [1.29, 1.82) is 0 Å².